The second-order valence-corrected chi connectivity index (χ2v) is 7.73. The quantitative estimate of drug-likeness (QED) is 0.719. The molecule has 0 fully saturated rings. The Morgan fingerprint density at radius 3 is 2.57 bits per heavy atom. The van der Waals surface area contributed by atoms with Gasteiger partial charge in [0.2, 0.25) is 0 Å². The monoisotopic (exact) mass is 385 g/mol. The molecule has 1 unspecified atom stereocenters. The number of ether oxygens (including phenoxy) is 2. The Kier molecular flexibility index (Phi) is 5.79. The first kappa shape index (κ1) is 20.0. The fourth-order valence-electron chi connectivity index (χ4n) is 3.18. The first-order chi connectivity index (χ1) is 13.3. The Morgan fingerprint density at radius 1 is 1.21 bits per heavy atom. The van der Waals surface area contributed by atoms with Crippen LogP contribution in [0.1, 0.15) is 54.0 Å². The standard InChI is InChI=1S/C22H24FNO4/c1-22(2,3)28-21(26)24-12-11-17-18(10-9-16(13-25)19(17)23)20(24)27-14-15-7-5-4-6-8-15/h4-10,13,20H,11-12,14H2,1-3H3. The van der Waals surface area contributed by atoms with E-state index in [1.54, 1.807) is 26.8 Å². The van der Waals surface area contributed by atoms with Crippen LogP contribution in [0, 0.1) is 5.82 Å². The van der Waals surface area contributed by atoms with E-state index in [0.717, 1.165) is 5.56 Å². The minimum absolute atomic E-state index is 0.00581. The van der Waals surface area contributed by atoms with Crippen LogP contribution in [0.5, 0.6) is 0 Å². The zero-order valence-electron chi connectivity index (χ0n) is 16.3. The van der Waals surface area contributed by atoms with Gasteiger partial charge in [-0.2, -0.15) is 0 Å². The van der Waals surface area contributed by atoms with Crippen molar-refractivity contribution in [2.24, 2.45) is 0 Å². The van der Waals surface area contributed by atoms with Gasteiger partial charge in [0.05, 0.1) is 12.2 Å². The molecule has 0 aliphatic carbocycles. The Balaban J connectivity index is 1.93. The van der Waals surface area contributed by atoms with E-state index < -0.39 is 23.7 Å². The molecule has 0 N–H and O–H groups in total. The fourth-order valence-corrected chi connectivity index (χ4v) is 3.18. The molecule has 0 aromatic heterocycles. The summed E-state index contributed by atoms with van der Waals surface area (Å²) in [5.74, 6) is -0.551. The molecule has 2 aromatic carbocycles. The summed E-state index contributed by atoms with van der Waals surface area (Å²) in [4.78, 5) is 25.3. The van der Waals surface area contributed by atoms with Crippen molar-refractivity contribution < 1.29 is 23.5 Å². The molecule has 0 saturated carbocycles. The summed E-state index contributed by atoms with van der Waals surface area (Å²) in [6.45, 7) is 5.86. The molecule has 0 saturated heterocycles. The summed E-state index contributed by atoms with van der Waals surface area (Å²) in [5.41, 5.74) is 1.22. The van der Waals surface area contributed by atoms with Crippen molar-refractivity contribution in [3.05, 3.63) is 70.5 Å². The van der Waals surface area contributed by atoms with Crippen LogP contribution in [0.25, 0.3) is 0 Å². The van der Waals surface area contributed by atoms with Gasteiger partial charge in [0, 0.05) is 12.1 Å². The van der Waals surface area contributed by atoms with Gasteiger partial charge in [-0.3, -0.25) is 9.69 Å². The number of fused-ring (bicyclic) bond motifs is 1. The number of halogens is 1. The number of benzene rings is 2. The lowest BCUT2D eigenvalue weighted by Crippen LogP contribution is -2.44. The maximum absolute atomic E-state index is 14.7. The number of nitrogens with zero attached hydrogens (tertiary/aromatic N) is 1. The van der Waals surface area contributed by atoms with E-state index in [-0.39, 0.29) is 25.1 Å². The normalized spacial score (nSPS) is 16.4. The van der Waals surface area contributed by atoms with E-state index in [9.17, 15) is 14.0 Å². The van der Waals surface area contributed by atoms with E-state index in [1.165, 1.54) is 11.0 Å². The lowest BCUT2D eigenvalue weighted by Gasteiger charge is -2.38. The highest BCUT2D eigenvalue weighted by molar-refractivity contribution is 5.76. The van der Waals surface area contributed by atoms with Crippen LogP contribution in [-0.2, 0) is 22.5 Å². The molecule has 5 nitrogen and oxygen atoms in total. The van der Waals surface area contributed by atoms with E-state index in [2.05, 4.69) is 0 Å². The fraction of sp³-hybridized carbons (Fsp3) is 0.364. The molecule has 148 valence electrons. The van der Waals surface area contributed by atoms with Crippen molar-refractivity contribution in [3.63, 3.8) is 0 Å². The summed E-state index contributed by atoms with van der Waals surface area (Å²) in [6.07, 6.45) is -0.534. The summed E-state index contributed by atoms with van der Waals surface area (Å²) >= 11 is 0. The lowest BCUT2D eigenvalue weighted by atomic mass is 9.95. The van der Waals surface area contributed by atoms with Crippen LogP contribution < -0.4 is 0 Å². The molecule has 1 atom stereocenters. The topological polar surface area (TPSA) is 55.8 Å². The predicted molar refractivity (Wildman–Crippen MR) is 102 cm³/mol. The third-order valence-corrected chi connectivity index (χ3v) is 4.47. The number of rotatable bonds is 4. The van der Waals surface area contributed by atoms with Gasteiger partial charge in [0.25, 0.3) is 0 Å². The third-order valence-electron chi connectivity index (χ3n) is 4.47. The zero-order chi connectivity index (χ0) is 20.3. The highest BCUT2D eigenvalue weighted by atomic mass is 19.1. The summed E-state index contributed by atoms with van der Waals surface area (Å²) in [5, 5.41) is 0. The molecule has 28 heavy (non-hydrogen) atoms. The predicted octanol–water partition coefficient (Wildman–Crippen LogP) is 4.65. The lowest BCUT2D eigenvalue weighted by molar-refractivity contribution is -0.0820. The Hall–Kier alpha value is -2.73. The van der Waals surface area contributed by atoms with Gasteiger partial charge in [0.1, 0.15) is 11.4 Å². The number of carbonyl (C=O) groups is 2. The van der Waals surface area contributed by atoms with Crippen LogP contribution in [0.3, 0.4) is 0 Å². The van der Waals surface area contributed by atoms with E-state index in [1.807, 2.05) is 30.3 Å². The average molecular weight is 385 g/mol. The Morgan fingerprint density at radius 2 is 1.93 bits per heavy atom. The molecule has 0 bridgehead atoms. The number of aldehydes is 1. The molecule has 3 rings (SSSR count). The van der Waals surface area contributed by atoms with Crippen LogP contribution in [0.4, 0.5) is 9.18 Å². The smallest absolute Gasteiger partial charge is 0.412 e. The summed E-state index contributed by atoms with van der Waals surface area (Å²) < 4.78 is 26.2. The molecular weight excluding hydrogens is 361 g/mol. The van der Waals surface area contributed by atoms with Crippen molar-refractivity contribution >= 4 is 12.4 Å². The summed E-state index contributed by atoms with van der Waals surface area (Å²) in [7, 11) is 0. The van der Waals surface area contributed by atoms with Crippen LogP contribution in [-0.4, -0.2) is 29.4 Å². The number of hydrogen-bond acceptors (Lipinski definition) is 4. The number of carbonyl (C=O) groups excluding carboxylic acids is 2. The van der Waals surface area contributed by atoms with Crippen LogP contribution in [0.2, 0.25) is 0 Å². The van der Waals surface area contributed by atoms with Crippen molar-refractivity contribution in [3.8, 4) is 0 Å². The van der Waals surface area contributed by atoms with E-state index in [0.29, 0.717) is 17.4 Å². The van der Waals surface area contributed by atoms with Gasteiger partial charge in [0.15, 0.2) is 12.5 Å². The van der Waals surface area contributed by atoms with Gasteiger partial charge in [-0.15, -0.1) is 0 Å². The molecule has 6 heteroatoms. The number of amides is 1. The molecule has 1 aliphatic rings. The Labute approximate surface area is 164 Å². The SMILES string of the molecule is CC(C)(C)OC(=O)N1CCc2c(ccc(C=O)c2F)C1OCc1ccccc1. The van der Waals surface area contributed by atoms with Gasteiger partial charge in [-0.1, -0.05) is 36.4 Å². The molecule has 1 heterocycles. The molecule has 0 spiro atoms. The van der Waals surface area contributed by atoms with Crippen molar-refractivity contribution in [1.82, 2.24) is 4.90 Å². The van der Waals surface area contributed by atoms with Crippen molar-refractivity contribution in [1.29, 1.82) is 0 Å². The highest BCUT2D eigenvalue weighted by Crippen LogP contribution is 2.34. The van der Waals surface area contributed by atoms with Crippen molar-refractivity contribution in [2.45, 2.75) is 45.6 Å². The van der Waals surface area contributed by atoms with Crippen LogP contribution >= 0.6 is 0 Å². The first-order valence-electron chi connectivity index (χ1n) is 9.22. The third kappa shape index (κ3) is 4.39. The second-order valence-electron chi connectivity index (χ2n) is 7.73. The minimum Gasteiger partial charge on any atom is -0.444 e. The second kappa shape index (κ2) is 8.10. The van der Waals surface area contributed by atoms with Crippen LogP contribution in [0.15, 0.2) is 42.5 Å². The van der Waals surface area contributed by atoms with Gasteiger partial charge >= 0.3 is 6.09 Å². The zero-order valence-corrected chi connectivity index (χ0v) is 16.3. The molecular formula is C22H24FNO4. The summed E-state index contributed by atoms with van der Waals surface area (Å²) in [6, 6.07) is 12.6. The molecule has 1 amide bonds. The minimum atomic E-state index is -0.797. The largest absolute Gasteiger partial charge is 0.444 e. The maximum Gasteiger partial charge on any atom is 0.412 e. The van der Waals surface area contributed by atoms with Gasteiger partial charge < -0.3 is 9.47 Å². The number of hydrogen-bond donors (Lipinski definition) is 0. The first-order valence-corrected chi connectivity index (χ1v) is 9.22. The molecule has 2 aromatic rings. The maximum atomic E-state index is 14.7. The highest BCUT2D eigenvalue weighted by Gasteiger charge is 2.36. The average Bonchev–Trinajstić information content (AvgIpc) is 2.66. The molecule has 1 aliphatic heterocycles. The Bertz CT molecular complexity index is 861. The van der Waals surface area contributed by atoms with Gasteiger partial charge in [-0.05, 0) is 44.4 Å². The van der Waals surface area contributed by atoms with Gasteiger partial charge in [-0.25, -0.2) is 9.18 Å². The molecule has 0 radical (unpaired) electrons. The van der Waals surface area contributed by atoms with E-state index in [4.69, 9.17) is 9.47 Å². The van der Waals surface area contributed by atoms with E-state index >= 15 is 0 Å². The van der Waals surface area contributed by atoms with Crippen molar-refractivity contribution in [2.75, 3.05) is 6.54 Å².